The summed E-state index contributed by atoms with van der Waals surface area (Å²) in [5.74, 6) is 0.864. The van der Waals surface area contributed by atoms with Crippen molar-refractivity contribution in [2.75, 3.05) is 72.2 Å². The van der Waals surface area contributed by atoms with E-state index < -0.39 is 0 Å². The number of carbonyl (C=O) groups is 2. The molecule has 3 fully saturated rings. The molecule has 0 N–H and O–H groups in total. The van der Waals surface area contributed by atoms with Crippen LogP contribution in [0, 0.1) is 11.8 Å². The van der Waals surface area contributed by atoms with Gasteiger partial charge in [0.25, 0.3) is 0 Å². The van der Waals surface area contributed by atoms with Crippen molar-refractivity contribution in [2.24, 2.45) is 11.8 Å². The van der Waals surface area contributed by atoms with Crippen molar-refractivity contribution in [3.8, 4) is 0 Å². The third kappa shape index (κ3) is 6.42. The molecule has 0 radical (unpaired) electrons. The number of hydrogen-bond acceptors (Lipinski definition) is 6. The molecule has 0 aromatic heterocycles. The maximum atomic E-state index is 12.6. The molecule has 3 aliphatic heterocycles. The Morgan fingerprint density at radius 2 is 1.61 bits per heavy atom. The van der Waals surface area contributed by atoms with Crippen LogP contribution in [0.5, 0.6) is 0 Å². The van der Waals surface area contributed by atoms with Gasteiger partial charge in [-0.3, -0.25) is 19.4 Å². The number of nitrogens with zero attached hydrogens (tertiary/aromatic N) is 3. The molecule has 0 saturated carbocycles. The van der Waals surface area contributed by atoms with Crippen LogP contribution in [-0.4, -0.2) is 98.8 Å². The predicted octanol–water partition coefficient (Wildman–Crippen LogP) is 1.22. The Labute approximate surface area is 169 Å². The Balaban J connectivity index is 1.30. The number of ether oxygens (including phenoxy) is 2. The molecule has 160 valence electrons. The van der Waals surface area contributed by atoms with Crippen LogP contribution in [0.1, 0.15) is 39.0 Å². The first-order valence-electron chi connectivity index (χ1n) is 11.1. The van der Waals surface area contributed by atoms with Gasteiger partial charge in [0.2, 0.25) is 5.91 Å². The minimum Gasteiger partial charge on any atom is -0.466 e. The van der Waals surface area contributed by atoms with Crippen LogP contribution in [0.2, 0.25) is 0 Å². The van der Waals surface area contributed by atoms with Crippen LogP contribution >= 0.6 is 0 Å². The third-order valence-corrected chi connectivity index (χ3v) is 6.49. The van der Waals surface area contributed by atoms with E-state index >= 15 is 0 Å². The van der Waals surface area contributed by atoms with Gasteiger partial charge in [0.05, 0.1) is 32.3 Å². The first-order chi connectivity index (χ1) is 13.7. The Hall–Kier alpha value is -1.18. The maximum Gasteiger partial charge on any atom is 0.309 e. The molecule has 0 atom stereocenters. The zero-order valence-electron chi connectivity index (χ0n) is 17.4. The zero-order valence-corrected chi connectivity index (χ0v) is 17.4. The van der Waals surface area contributed by atoms with E-state index in [1.165, 1.54) is 25.8 Å². The number of likely N-dealkylation sites (tertiary alicyclic amines) is 2. The molecule has 0 aliphatic carbocycles. The summed E-state index contributed by atoms with van der Waals surface area (Å²) in [4.78, 5) is 31.2. The summed E-state index contributed by atoms with van der Waals surface area (Å²) < 4.78 is 10.5. The summed E-state index contributed by atoms with van der Waals surface area (Å²) in [5, 5.41) is 0. The minimum absolute atomic E-state index is 0.0359. The van der Waals surface area contributed by atoms with E-state index in [0.29, 0.717) is 26.2 Å². The first kappa shape index (κ1) is 21.5. The second-order valence-electron chi connectivity index (χ2n) is 8.37. The summed E-state index contributed by atoms with van der Waals surface area (Å²) in [5.41, 5.74) is 0. The van der Waals surface area contributed by atoms with Crippen molar-refractivity contribution in [1.29, 1.82) is 0 Å². The number of amides is 1. The smallest absolute Gasteiger partial charge is 0.309 e. The average Bonchev–Trinajstić information content (AvgIpc) is 2.74. The van der Waals surface area contributed by atoms with E-state index in [4.69, 9.17) is 9.47 Å². The summed E-state index contributed by atoms with van der Waals surface area (Å²) in [6.07, 6.45) is 5.12. The molecular weight excluding hydrogens is 358 g/mol. The van der Waals surface area contributed by atoms with Gasteiger partial charge < -0.3 is 14.4 Å². The molecule has 7 nitrogen and oxygen atoms in total. The van der Waals surface area contributed by atoms with Gasteiger partial charge in [0, 0.05) is 26.2 Å². The van der Waals surface area contributed by atoms with E-state index in [1.807, 2.05) is 11.8 Å². The quantitative estimate of drug-likeness (QED) is 0.604. The topological polar surface area (TPSA) is 62.3 Å². The Morgan fingerprint density at radius 3 is 2.25 bits per heavy atom. The van der Waals surface area contributed by atoms with Crippen molar-refractivity contribution in [2.45, 2.75) is 39.0 Å². The highest BCUT2D eigenvalue weighted by molar-refractivity contribution is 5.79. The minimum atomic E-state index is -0.103. The molecule has 0 unspecified atom stereocenters. The maximum absolute atomic E-state index is 12.6. The number of carbonyl (C=O) groups excluding carboxylic acids is 2. The van der Waals surface area contributed by atoms with Crippen LogP contribution < -0.4 is 0 Å². The molecule has 0 aromatic carbocycles. The number of hydrogen-bond donors (Lipinski definition) is 0. The van der Waals surface area contributed by atoms with E-state index in [1.54, 1.807) is 0 Å². The second-order valence-corrected chi connectivity index (χ2v) is 8.37. The highest BCUT2D eigenvalue weighted by Crippen LogP contribution is 2.22. The van der Waals surface area contributed by atoms with Crippen molar-refractivity contribution in [3.63, 3.8) is 0 Å². The standard InChI is InChI=1S/C21H37N3O4/c1-2-28-21(26)19-6-11-24(12-7-19)20(25)17-23-9-4-18(5-10-23)3-8-22-13-15-27-16-14-22/h18-19H,2-17H2,1H3. The summed E-state index contributed by atoms with van der Waals surface area (Å²) in [6, 6.07) is 0. The zero-order chi connectivity index (χ0) is 19.8. The monoisotopic (exact) mass is 395 g/mol. The number of rotatable bonds is 7. The van der Waals surface area contributed by atoms with Crippen LogP contribution in [0.25, 0.3) is 0 Å². The fourth-order valence-electron chi connectivity index (χ4n) is 4.54. The van der Waals surface area contributed by atoms with Gasteiger partial charge in [-0.1, -0.05) is 0 Å². The molecule has 3 rings (SSSR count). The second kappa shape index (κ2) is 11.1. The lowest BCUT2D eigenvalue weighted by molar-refractivity contribution is -0.151. The fourth-order valence-corrected chi connectivity index (χ4v) is 4.54. The SMILES string of the molecule is CCOC(=O)C1CCN(C(=O)CN2CCC(CCN3CCOCC3)CC2)CC1. The van der Waals surface area contributed by atoms with Crippen LogP contribution in [0.15, 0.2) is 0 Å². The molecule has 3 aliphatic rings. The lowest BCUT2D eigenvalue weighted by Crippen LogP contribution is -2.47. The van der Waals surface area contributed by atoms with Crippen LogP contribution in [0.4, 0.5) is 0 Å². The van der Waals surface area contributed by atoms with Crippen molar-refractivity contribution >= 4 is 11.9 Å². The van der Waals surface area contributed by atoms with Crippen LogP contribution in [0.3, 0.4) is 0 Å². The van der Waals surface area contributed by atoms with Gasteiger partial charge in [-0.25, -0.2) is 0 Å². The molecule has 3 saturated heterocycles. The van der Waals surface area contributed by atoms with Gasteiger partial charge in [-0.05, 0) is 64.6 Å². The van der Waals surface area contributed by atoms with Crippen molar-refractivity contribution in [1.82, 2.24) is 14.7 Å². The normalized spacial score (nSPS) is 23.7. The highest BCUT2D eigenvalue weighted by Gasteiger charge is 2.29. The lowest BCUT2D eigenvalue weighted by Gasteiger charge is -2.36. The summed E-state index contributed by atoms with van der Waals surface area (Å²) in [7, 11) is 0. The fraction of sp³-hybridized carbons (Fsp3) is 0.905. The lowest BCUT2D eigenvalue weighted by atomic mass is 9.93. The van der Waals surface area contributed by atoms with E-state index in [2.05, 4.69) is 9.80 Å². The van der Waals surface area contributed by atoms with E-state index in [0.717, 1.165) is 58.2 Å². The van der Waals surface area contributed by atoms with Gasteiger partial charge in [-0.15, -0.1) is 0 Å². The van der Waals surface area contributed by atoms with E-state index in [-0.39, 0.29) is 17.8 Å². The Kier molecular flexibility index (Phi) is 8.55. The first-order valence-corrected chi connectivity index (χ1v) is 11.1. The van der Waals surface area contributed by atoms with Gasteiger partial charge in [0.1, 0.15) is 0 Å². The van der Waals surface area contributed by atoms with Gasteiger partial charge in [-0.2, -0.15) is 0 Å². The molecular formula is C21H37N3O4. The Bertz CT molecular complexity index is 494. The largest absolute Gasteiger partial charge is 0.466 e. The summed E-state index contributed by atoms with van der Waals surface area (Å²) >= 11 is 0. The highest BCUT2D eigenvalue weighted by atomic mass is 16.5. The molecule has 3 heterocycles. The van der Waals surface area contributed by atoms with Crippen LogP contribution in [-0.2, 0) is 19.1 Å². The molecule has 28 heavy (non-hydrogen) atoms. The van der Waals surface area contributed by atoms with Gasteiger partial charge in [0.15, 0.2) is 0 Å². The molecule has 1 amide bonds. The molecule has 0 bridgehead atoms. The molecule has 7 heteroatoms. The average molecular weight is 396 g/mol. The third-order valence-electron chi connectivity index (χ3n) is 6.49. The number of piperidine rings is 2. The van der Waals surface area contributed by atoms with Gasteiger partial charge >= 0.3 is 5.97 Å². The number of esters is 1. The Morgan fingerprint density at radius 1 is 0.929 bits per heavy atom. The number of morpholine rings is 1. The van der Waals surface area contributed by atoms with E-state index in [9.17, 15) is 9.59 Å². The predicted molar refractivity (Wildman–Crippen MR) is 107 cm³/mol. The van der Waals surface area contributed by atoms with Crippen molar-refractivity contribution < 1.29 is 19.1 Å². The summed E-state index contributed by atoms with van der Waals surface area (Å²) in [6.45, 7) is 11.3. The molecule has 0 aromatic rings. The van der Waals surface area contributed by atoms with Crippen molar-refractivity contribution in [3.05, 3.63) is 0 Å². The molecule has 0 spiro atoms.